The quantitative estimate of drug-likeness (QED) is 0.739. The van der Waals surface area contributed by atoms with Gasteiger partial charge in [-0.25, -0.2) is 9.97 Å². The van der Waals surface area contributed by atoms with E-state index < -0.39 is 6.29 Å². The van der Waals surface area contributed by atoms with Gasteiger partial charge in [0.25, 0.3) is 0 Å². The van der Waals surface area contributed by atoms with Crippen LogP contribution < -0.4 is 16.4 Å². The molecule has 0 saturated carbocycles. The predicted octanol–water partition coefficient (Wildman–Crippen LogP) is 1.43. The van der Waals surface area contributed by atoms with E-state index in [1.165, 1.54) is 0 Å². The summed E-state index contributed by atoms with van der Waals surface area (Å²) >= 11 is 0. The molecule has 120 valence electrons. The van der Waals surface area contributed by atoms with Gasteiger partial charge in [-0.05, 0) is 31.2 Å². The Bertz CT molecular complexity index is 971. The van der Waals surface area contributed by atoms with E-state index in [2.05, 4.69) is 19.9 Å². The van der Waals surface area contributed by atoms with Gasteiger partial charge in [-0.2, -0.15) is 4.98 Å². The minimum Gasteiger partial charge on any atom is -0.368 e. The SMILES string of the molecule is CC1=C(n2ccc3cccnc32)N(c2ccnc(N)n2)[C@@H](N)N=C1. The van der Waals surface area contributed by atoms with Crippen molar-refractivity contribution < 1.29 is 0 Å². The number of rotatable bonds is 2. The van der Waals surface area contributed by atoms with Crippen molar-refractivity contribution in [3.8, 4) is 0 Å². The molecule has 0 saturated heterocycles. The van der Waals surface area contributed by atoms with Gasteiger partial charge in [0.1, 0.15) is 17.3 Å². The van der Waals surface area contributed by atoms with E-state index in [9.17, 15) is 0 Å². The predicted molar refractivity (Wildman–Crippen MR) is 94.0 cm³/mol. The van der Waals surface area contributed by atoms with Crippen molar-refractivity contribution in [1.29, 1.82) is 0 Å². The average molecular weight is 320 g/mol. The van der Waals surface area contributed by atoms with E-state index in [1.54, 1.807) is 24.7 Å². The van der Waals surface area contributed by atoms with Crippen LogP contribution in [0.15, 0.2) is 53.4 Å². The number of nitrogen functional groups attached to an aromatic ring is 1. The number of aromatic nitrogens is 4. The van der Waals surface area contributed by atoms with Gasteiger partial charge in [0.2, 0.25) is 5.95 Å². The molecule has 4 rings (SSSR count). The maximum absolute atomic E-state index is 6.22. The van der Waals surface area contributed by atoms with Crippen LogP contribution in [0.4, 0.5) is 11.8 Å². The van der Waals surface area contributed by atoms with Crippen LogP contribution in [0.25, 0.3) is 16.9 Å². The monoisotopic (exact) mass is 320 g/mol. The lowest BCUT2D eigenvalue weighted by atomic mass is 10.2. The summed E-state index contributed by atoms with van der Waals surface area (Å²) in [6.07, 6.45) is 6.47. The highest BCUT2D eigenvalue weighted by molar-refractivity contribution is 5.94. The minimum atomic E-state index is -0.612. The molecule has 8 heteroatoms. The minimum absolute atomic E-state index is 0.182. The summed E-state index contributed by atoms with van der Waals surface area (Å²) in [5.74, 6) is 1.60. The van der Waals surface area contributed by atoms with Crippen LogP contribution in [-0.2, 0) is 0 Å². The third-order valence-corrected chi connectivity index (χ3v) is 3.85. The summed E-state index contributed by atoms with van der Waals surface area (Å²) in [7, 11) is 0. The summed E-state index contributed by atoms with van der Waals surface area (Å²) in [6, 6.07) is 7.68. The lowest BCUT2D eigenvalue weighted by Gasteiger charge is -2.33. The molecule has 1 atom stereocenters. The molecule has 1 aliphatic heterocycles. The molecular weight excluding hydrogens is 304 g/mol. The van der Waals surface area contributed by atoms with E-state index in [-0.39, 0.29) is 5.95 Å². The van der Waals surface area contributed by atoms with Crippen LogP contribution >= 0.6 is 0 Å². The van der Waals surface area contributed by atoms with Gasteiger partial charge >= 0.3 is 0 Å². The molecule has 0 spiro atoms. The molecule has 0 unspecified atom stereocenters. The molecule has 4 N–H and O–H groups in total. The van der Waals surface area contributed by atoms with E-state index in [1.807, 2.05) is 40.8 Å². The Morgan fingerprint density at radius 2 is 2.00 bits per heavy atom. The fourth-order valence-corrected chi connectivity index (χ4v) is 2.81. The highest BCUT2D eigenvalue weighted by atomic mass is 15.4. The molecule has 3 aromatic heterocycles. The third kappa shape index (κ3) is 2.20. The average Bonchev–Trinajstić information content (AvgIpc) is 3.00. The van der Waals surface area contributed by atoms with Crippen LogP contribution in [0.2, 0.25) is 0 Å². The topological polar surface area (TPSA) is 111 Å². The highest BCUT2D eigenvalue weighted by Gasteiger charge is 2.27. The molecule has 3 aromatic rings. The first kappa shape index (κ1) is 14.3. The second-order valence-corrected chi connectivity index (χ2v) is 5.44. The van der Waals surface area contributed by atoms with Gasteiger partial charge in [0.05, 0.1) is 0 Å². The first-order chi connectivity index (χ1) is 11.6. The summed E-state index contributed by atoms with van der Waals surface area (Å²) in [4.78, 5) is 18.9. The molecule has 0 aromatic carbocycles. The molecule has 0 aliphatic carbocycles. The second-order valence-electron chi connectivity index (χ2n) is 5.44. The van der Waals surface area contributed by atoms with E-state index in [0.29, 0.717) is 5.82 Å². The highest BCUT2D eigenvalue weighted by Crippen LogP contribution is 2.29. The zero-order valence-corrected chi connectivity index (χ0v) is 13.0. The number of hydrogen-bond donors (Lipinski definition) is 2. The summed E-state index contributed by atoms with van der Waals surface area (Å²) in [5, 5.41) is 1.04. The lowest BCUT2D eigenvalue weighted by molar-refractivity contribution is 0.691. The first-order valence-electron chi connectivity index (χ1n) is 7.45. The van der Waals surface area contributed by atoms with Crippen LogP contribution in [0.3, 0.4) is 0 Å². The summed E-state index contributed by atoms with van der Waals surface area (Å²) < 4.78 is 1.98. The van der Waals surface area contributed by atoms with Crippen molar-refractivity contribution in [1.82, 2.24) is 19.5 Å². The molecule has 0 bridgehead atoms. The fourth-order valence-electron chi connectivity index (χ4n) is 2.81. The number of nitrogens with zero attached hydrogens (tertiary/aromatic N) is 6. The molecule has 4 heterocycles. The maximum Gasteiger partial charge on any atom is 0.221 e. The number of allylic oxidation sites excluding steroid dienone is 1. The number of fused-ring (bicyclic) bond motifs is 1. The van der Waals surface area contributed by atoms with Crippen molar-refractivity contribution in [2.75, 3.05) is 10.6 Å². The van der Waals surface area contributed by atoms with Crippen molar-refractivity contribution in [3.05, 3.63) is 48.4 Å². The van der Waals surface area contributed by atoms with Crippen molar-refractivity contribution >= 4 is 34.8 Å². The molecule has 1 aliphatic rings. The lowest BCUT2D eigenvalue weighted by Crippen LogP contribution is -2.44. The number of hydrogen-bond acceptors (Lipinski definition) is 7. The van der Waals surface area contributed by atoms with Gasteiger partial charge < -0.3 is 5.73 Å². The van der Waals surface area contributed by atoms with Crippen molar-refractivity contribution in [2.45, 2.75) is 13.2 Å². The summed E-state index contributed by atoms with van der Waals surface area (Å²) in [6.45, 7) is 1.97. The number of nitrogens with two attached hydrogens (primary N) is 2. The van der Waals surface area contributed by atoms with Gasteiger partial charge in [0, 0.05) is 35.8 Å². The largest absolute Gasteiger partial charge is 0.368 e. The Labute approximate surface area is 138 Å². The van der Waals surface area contributed by atoms with Gasteiger partial charge in [-0.15, -0.1) is 0 Å². The van der Waals surface area contributed by atoms with Crippen LogP contribution in [0, 0.1) is 0 Å². The standard InChI is InChI=1S/C16H16N8/c1-10-9-21-16(18)24(12-4-7-20-15(17)22-12)14(10)23-8-5-11-3-2-6-19-13(11)23/h2-9,16H,18H2,1H3,(H2,17,20,22)/t16-/m0/s1. The Hall–Kier alpha value is -3.26. The van der Waals surface area contributed by atoms with E-state index in [0.717, 1.165) is 22.4 Å². The number of aliphatic imine (C=N–C) groups is 1. The van der Waals surface area contributed by atoms with Crippen LogP contribution in [-0.4, -0.2) is 32.0 Å². The third-order valence-electron chi connectivity index (χ3n) is 3.85. The first-order valence-corrected chi connectivity index (χ1v) is 7.45. The Balaban J connectivity index is 1.94. The smallest absolute Gasteiger partial charge is 0.221 e. The van der Waals surface area contributed by atoms with E-state index >= 15 is 0 Å². The molecule has 0 fully saturated rings. The van der Waals surface area contributed by atoms with Gasteiger partial charge in [-0.1, -0.05) is 0 Å². The molecule has 24 heavy (non-hydrogen) atoms. The zero-order chi connectivity index (χ0) is 16.7. The molecule has 0 amide bonds. The number of anilines is 2. The van der Waals surface area contributed by atoms with Gasteiger partial charge in [0.15, 0.2) is 6.29 Å². The van der Waals surface area contributed by atoms with Crippen molar-refractivity contribution in [2.24, 2.45) is 10.7 Å². The molecule has 0 radical (unpaired) electrons. The fraction of sp³-hybridized carbons (Fsp3) is 0.125. The van der Waals surface area contributed by atoms with Crippen LogP contribution in [0.5, 0.6) is 0 Å². The zero-order valence-electron chi connectivity index (χ0n) is 13.0. The summed E-state index contributed by atoms with van der Waals surface area (Å²) in [5.41, 5.74) is 13.7. The molecule has 8 nitrogen and oxygen atoms in total. The van der Waals surface area contributed by atoms with E-state index in [4.69, 9.17) is 11.5 Å². The second kappa shape index (κ2) is 5.43. The molecular formula is C16H16N8. The Kier molecular flexibility index (Phi) is 3.24. The number of pyridine rings is 1. The maximum atomic E-state index is 6.22. The van der Waals surface area contributed by atoms with Gasteiger partial charge in [-0.3, -0.25) is 20.2 Å². The Morgan fingerprint density at radius 1 is 1.12 bits per heavy atom. The normalized spacial score (nSPS) is 17.8. The van der Waals surface area contributed by atoms with Crippen molar-refractivity contribution in [3.63, 3.8) is 0 Å². The van der Waals surface area contributed by atoms with Crippen LogP contribution in [0.1, 0.15) is 6.92 Å². The Morgan fingerprint density at radius 3 is 2.83 bits per heavy atom.